The minimum absolute atomic E-state index is 0.439. The molecule has 1 aromatic carbocycles. The van der Waals surface area contributed by atoms with Gasteiger partial charge in [0.05, 0.1) is 5.02 Å². The minimum atomic E-state index is 0.439. The van der Waals surface area contributed by atoms with E-state index in [0.717, 1.165) is 21.6 Å². The molecule has 84 valence electrons. The molecule has 0 aliphatic rings. The van der Waals surface area contributed by atoms with Crippen molar-refractivity contribution in [3.63, 3.8) is 0 Å². The van der Waals surface area contributed by atoms with Crippen LogP contribution in [0, 0.1) is 3.57 Å². The zero-order valence-corrected chi connectivity index (χ0v) is 12.1. The van der Waals surface area contributed by atoms with Gasteiger partial charge in [0.25, 0.3) is 0 Å². The van der Waals surface area contributed by atoms with Crippen molar-refractivity contribution in [2.75, 3.05) is 6.54 Å². The van der Waals surface area contributed by atoms with Gasteiger partial charge in [-0.2, -0.15) is 0 Å². The van der Waals surface area contributed by atoms with E-state index < -0.39 is 0 Å². The Hall–Kier alpha value is 0.200. The molecule has 1 rings (SSSR count). The third-order valence-electron chi connectivity index (χ3n) is 2.37. The molecule has 0 amide bonds. The first-order valence-corrected chi connectivity index (χ1v) is 6.83. The van der Waals surface area contributed by atoms with Crippen molar-refractivity contribution in [2.45, 2.75) is 32.7 Å². The zero-order chi connectivity index (χ0) is 11.3. The molecule has 1 aromatic rings. The Morgan fingerprint density at radius 1 is 1.40 bits per heavy atom. The molecular weight excluding hydrogens is 320 g/mol. The van der Waals surface area contributed by atoms with Crippen molar-refractivity contribution < 1.29 is 0 Å². The maximum absolute atomic E-state index is 6.12. The average Bonchev–Trinajstić information content (AvgIpc) is 2.22. The monoisotopic (exact) mass is 337 g/mol. The quantitative estimate of drug-likeness (QED) is 0.786. The van der Waals surface area contributed by atoms with Gasteiger partial charge in [0.15, 0.2) is 0 Å². The summed E-state index contributed by atoms with van der Waals surface area (Å²) in [5.41, 5.74) is 1.30. The molecule has 0 aliphatic heterocycles. The molecular formula is C12H17ClIN. The van der Waals surface area contributed by atoms with Crippen LogP contribution in [0.1, 0.15) is 38.3 Å². The van der Waals surface area contributed by atoms with Crippen LogP contribution in [0.25, 0.3) is 0 Å². The largest absolute Gasteiger partial charge is 0.310 e. The lowest BCUT2D eigenvalue weighted by Crippen LogP contribution is -2.20. The van der Waals surface area contributed by atoms with Gasteiger partial charge in [-0.1, -0.05) is 37.9 Å². The van der Waals surface area contributed by atoms with Crippen LogP contribution in [-0.4, -0.2) is 6.54 Å². The van der Waals surface area contributed by atoms with Crippen molar-refractivity contribution in [1.82, 2.24) is 5.32 Å². The van der Waals surface area contributed by atoms with Crippen molar-refractivity contribution in [3.8, 4) is 0 Å². The summed E-state index contributed by atoms with van der Waals surface area (Å²) in [7, 11) is 0. The van der Waals surface area contributed by atoms with Crippen molar-refractivity contribution in [1.29, 1.82) is 0 Å². The molecule has 0 aliphatic carbocycles. The normalized spacial score (nSPS) is 12.8. The van der Waals surface area contributed by atoms with Gasteiger partial charge in [-0.05, 0) is 53.3 Å². The van der Waals surface area contributed by atoms with E-state index in [2.05, 4.69) is 60.0 Å². The van der Waals surface area contributed by atoms with Gasteiger partial charge in [-0.3, -0.25) is 0 Å². The Kier molecular flexibility index (Phi) is 5.94. The highest BCUT2D eigenvalue weighted by Gasteiger charge is 2.10. The molecule has 1 nitrogen and oxygen atoms in total. The van der Waals surface area contributed by atoms with E-state index in [0.29, 0.717) is 6.04 Å². The zero-order valence-electron chi connectivity index (χ0n) is 9.19. The second kappa shape index (κ2) is 6.71. The highest BCUT2D eigenvalue weighted by atomic mass is 127. The number of rotatable bonds is 5. The van der Waals surface area contributed by atoms with Gasteiger partial charge in [-0.25, -0.2) is 0 Å². The summed E-state index contributed by atoms with van der Waals surface area (Å²) in [4.78, 5) is 0. The maximum Gasteiger partial charge on any atom is 0.0542 e. The van der Waals surface area contributed by atoms with E-state index in [9.17, 15) is 0 Å². The first kappa shape index (κ1) is 13.3. The van der Waals surface area contributed by atoms with Gasteiger partial charge in [0.1, 0.15) is 0 Å². The summed E-state index contributed by atoms with van der Waals surface area (Å²) in [5.74, 6) is 0. The number of halogens is 2. The summed E-state index contributed by atoms with van der Waals surface area (Å²) < 4.78 is 1.12. The molecule has 3 heteroatoms. The predicted octanol–water partition coefficient (Wildman–Crippen LogP) is 4.40. The van der Waals surface area contributed by atoms with Crippen molar-refractivity contribution in [2.24, 2.45) is 0 Å². The molecule has 1 atom stereocenters. The number of nitrogens with one attached hydrogen (secondary N) is 1. The van der Waals surface area contributed by atoms with Gasteiger partial charge >= 0.3 is 0 Å². The van der Waals surface area contributed by atoms with Gasteiger partial charge in [0.2, 0.25) is 0 Å². The molecule has 15 heavy (non-hydrogen) atoms. The molecule has 1 unspecified atom stereocenters. The molecule has 0 fully saturated rings. The highest BCUT2D eigenvalue weighted by molar-refractivity contribution is 14.1. The molecule has 1 N–H and O–H groups in total. The third kappa shape index (κ3) is 3.93. The lowest BCUT2D eigenvalue weighted by atomic mass is 10.0. The molecule has 0 aromatic heterocycles. The second-order valence-corrected chi connectivity index (χ2v) is 5.14. The van der Waals surface area contributed by atoms with Gasteiger partial charge < -0.3 is 5.32 Å². The summed E-state index contributed by atoms with van der Waals surface area (Å²) in [5, 5.41) is 4.34. The number of hydrogen-bond acceptors (Lipinski definition) is 1. The average molecular weight is 338 g/mol. The SMILES string of the molecule is CCCC(NCC)c1ccc(I)c(Cl)c1. The standard InChI is InChI=1S/C12H17ClIN/c1-3-5-12(15-4-2)9-6-7-11(14)10(13)8-9/h6-8,12,15H,3-5H2,1-2H3. The van der Waals surface area contributed by atoms with Gasteiger partial charge in [0, 0.05) is 9.61 Å². The molecule has 0 saturated heterocycles. The fourth-order valence-corrected chi connectivity index (χ4v) is 2.18. The minimum Gasteiger partial charge on any atom is -0.310 e. The van der Waals surface area contributed by atoms with E-state index in [4.69, 9.17) is 11.6 Å². The lowest BCUT2D eigenvalue weighted by Gasteiger charge is -2.18. The maximum atomic E-state index is 6.12. The van der Waals surface area contributed by atoms with Crippen LogP contribution >= 0.6 is 34.2 Å². The van der Waals surface area contributed by atoms with Gasteiger partial charge in [-0.15, -0.1) is 0 Å². The first-order chi connectivity index (χ1) is 7.19. The van der Waals surface area contributed by atoms with Crippen LogP contribution < -0.4 is 5.32 Å². The Balaban J connectivity index is 2.85. The summed E-state index contributed by atoms with van der Waals surface area (Å²) in [6.45, 7) is 5.34. The molecule has 0 saturated carbocycles. The van der Waals surface area contributed by atoms with E-state index in [1.807, 2.05) is 0 Å². The van der Waals surface area contributed by atoms with Crippen molar-refractivity contribution >= 4 is 34.2 Å². The van der Waals surface area contributed by atoms with Crippen LogP contribution in [0.2, 0.25) is 5.02 Å². The van der Waals surface area contributed by atoms with Crippen molar-refractivity contribution in [3.05, 3.63) is 32.4 Å². The lowest BCUT2D eigenvalue weighted by molar-refractivity contribution is 0.509. The van der Waals surface area contributed by atoms with E-state index >= 15 is 0 Å². The fourth-order valence-electron chi connectivity index (χ4n) is 1.65. The van der Waals surface area contributed by atoms with E-state index in [-0.39, 0.29) is 0 Å². The molecule has 0 bridgehead atoms. The fraction of sp³-hybridized carbons (Fsp3) is 0.500. The van der Waals surface area contributed by atoms with Crippen LogP contribution in [-0.2, 0) is 0 Å². The summed E-state index contributed by atoms with van der Waals surface area (Å²) in [6.07, 6.45) is 2.34. The molecule has 0 radical (unpaired) electrons. The third-order valence-corrected chi connectivity index (χ3v) is 3.95. The Labute approximate surface area is 111 Å². The summed E-state index contributed by atoms with van der Waals surface area (Å²) >= 11 is 8.38. The van der Waals surface area contributed by atoms with E-state index in [1.165, 1.54) is 12.0 Å². The Morgan fingerprint density at radius 2 is 2.13 bits per heavy atom. The topological polar surface area (TPSA) is 12.0 Å². The Morgan fingerprint density at radius 3 is 2.67 bits per heavy atom. The van der Waals surface area contributed by atoms with Crippen LogP contribution in [0.3, 0.4) is 0 Å². The van der Waals surface area contributed by atoms with Crippen LogP contribution in [0.5, 0.6) is 0 Å². The van der Waals surface area contributed by atoms with Crippen LogP contribution in [0.4, 0.5) is 0 Å². The predicted molar refractivity (Wildman–Crippen MR) is 75.5 cm³/mol. The number of benzene rings is 1. The first-order valence-electron chi connectivity index (χ1n) is 5.37. The molecule has 0 spiro atoms. The highest BCUT2D eigenvalue weighted by Crippen LogP contribution is 2.25. The molecule has 0 heterocycles. The second-order valence-electron chi connectivity index (χ2n) is 3.57. The number of hydrogen-bond donors (Lipinski definition) is 1. The summed E-state index contributed by atoms with van der Waals surface area (Å²) in [6, 6.07) is 6.76. The van der Waals surface area contributed by atoms with E-state index in [1.54, 1.807) is 0 Å². The Bertz CT molecular complexity index is 308. The van der Waals surface area contributed by atoms with Crippen LogP contribution in [0.15, 0.2) is 18.2 Å². The smallest absolute Gasteiger partial charge is 0.0542 e.